The highest BCUT2D eigenvalue weighted by molar-refractivity contribution is 7.12. The Hall–Kier alpha value is -3.45. The molecule has 0 fully saturated rings. The van der Waals surface area contributed by atoms with Crippen LogP contribution in [0.15, 0.2) is 54.6 Å². The average molecular weight is 423 g/mol. The molecule has 0 unspecified atom stereocenters. The Bertz CT molecular complexity index is 1120. The molecule has 0 spiro atoms. The average Bonchev–Trinajstić information content (AvgIpc) is 3.08. The summed E-state index contributed by atoms with van der Waals surface area (Å²) in [5.74, 6) is 0.732. The number of hydrogen-bond donors (Lipinski definition) is 0. The van der Waals surface area contributed by atoms with E-state index in [-0.39, 0.29) is 23.8 Å². The highest BCUT2D eigenvalue weighted by Gasteiger charge is 2.15. The molecule has 0 N–H and O–H groups in total. The second-order valence-corrected chi connectivity index (χ2v) is 8.07. The molecule has 3 rings (SSSR count). The summed E-state index contributed by atoms with van der Waals surface area (Å²) < 4.78 is 11.1. The lowest BCUT2D eigenvalue weighted by Crippen LogP contribution is -2.01. The van der Waals surface area contributed by atoms with Gasteiger partial charge in [-0.15, -0.1) is 11.3 Å². The Balaban J connectivity index is 1.79. The second-order valence-electron chi connectivity index (χ2n) is 6.61. The van der Waals surface area contributed by atoms with Gasteiger partial charge in [-0.05, 0) is 49.8 Å². The molecule has 7 heteroatoms. The highest BCUT2D eigenvalue weighted by atomic mass is 32.1. The molecule has 0 aliphatic heterocycles. The molecule has 0 saturated heterocycles. The molecule has 0 atom stereocenters. The number of rotatable bonds is 8. The topological polar surface area (TPSA) is 78.7 Å². The normalized spacial score (nSPS) is 10.9. The lowest BCUT2D eigenvalue weighted by atomic mass is 10.1. The maximum absolute atomic E-state index is 12.5. The summed E-state index contributed by atoms with van der Waals surface area (Å²) in [6.45, 7) is 4.00. The predicted octanol–water partition coefficient (Wildman–Crippen LogP) is 5.76. The molecular weight excluding hydrogens is 402 g/mol. The van der Waals surface area contributed by atoms with Gasteiger partial charge in [-0.2, -0.15) is 0 Å². The van der Waals surface area contributed by atoms with Crippen LogP contribution in [0.2, 0.25) is 0 Å². The van der Waals surface area contributed by atoms with Crippen LogP contribution in [0.3, 0.4) is 0 Å². The quantitative estimate of drug-likeness (QED) is 0.199. The van der Waals surface area contributed by atoms with Gasteiger partial charge in [-0.25, -0.2) is 0 Å². The first kappa shape index (κ1) is 21.3. The number of ketones is 1. The third kappa shape index (κ3) is 4.93. The minimum atomic E-state index is -0.481. The van der Waals surface area contributed by atoms with Crippen molar-refractivity contribution in [2.24, 2.45) is 0 Å². The van der Waals surface area contributed by atoms with Gasteiger partial charge in [0, 0.05) is 26.9 Å². The lowest BCUT2D eigenvalue weighted by Gasteiger charge is -2.11. The van der Waals surface area contributed by atoms with E-state index in [9.17, 15) is 14.9 Å². The van der Waals surface area contributed by atoms with Crippen LogP contribution in [0.5, 0.6) is 11.5 Å². The fourth-order valence-corrected chi connectivity index (χ4v) is 3.97. The monoisotopic (exact) mass is 423 g/mol. The van der Waals surface area contributed by atoms with Crippen LogP contribution in [0.4, 0.5) is 5.69 Å². The molecule has 154 valence electrons. The zero-order chi connectivity index (χ0) is 21.7. The van der Waals surface area contributed by atoms with Gasteiger partial charge < -0.3 is 9.47 Å². The number of aryl methyl sites for hydroxylation is 2. The van der Waals surface area contributed by atoms with Gasteiger partial charge in [0.2, 0.25) is 0 Å². The Morgan fingerprint density at radius 3 is 2.57 bits per heavy atom. The van der Waals surface area contributed by atoms with Gasteiger partial charge in [-0.3, -0.25) is 14.9 Å². The van der Waals surface area contributed by atoms with E-state index in [1.165, 1.54) is 6.07 Å². The van der Waals surface area contributed by atoms with Crippen molar-refractivity contribution in [2.45, 2.75) is 20.5 Å². The number of nitro groups is 1. The van der Waals surface area contributed by atoms with Crippen LogP contribution < -0.4 is 9.47 Å². The summed E-state index contributed by atoms with van der Waals surface area (Å²) >= 11 is 1.60. The van der Waals surface area contributed by atoms with E-state index in [4.69, 9.17) is 9.47 Å². The third-order valence-corrected chi connectivity index (χ3v) is 5.45. The highest BCUT2D eigenvalue weighted by Crippen LogP contribution is 2.29. The largest absolute Gasteiger partial charge is 0.496 e. The maximum atomic E-state index is 12.5. The molecule has 1 heterocycles. The molecule has 0 amide bonds. The van der Waals surface area contributed by atoms with Gasteiger partial charge in [0.25, 0.3) is 0 Å². The molecule has 3 aromatic rings. The van der Waals surface area contributed by atoms with Gasteiger partial charge in [0.15, 0.2) is 11.5 Å². The molecule has 0 saturated carbocycles. The summed E-state index contributed by atoms with van der Waals surface area (Å²) in [5.41, 5.74) is 2.13. The Morgan fingerprint density at radius 2 is 1.90 bits per heavy atom. The third-order valence-electron chi connectivity index (χ3n) is 4.48. The molecule has 0 radical (unpaired) electrons. The van der Waals surface area contributed by atoms with Gasteiger partial charge in [0.05, 0.1) is 12.0 Å². The number of benzene rings is 2. The fourth-order valence-electron chi connectivity index (χ4n) is 3.04. The van der Waals surface area contributed by atoms with Crippen molar-refractivity contribution in [1.82, 2.24) is 0 Å². The van der Waals surface area contributed by atoms with Crippen molar-refractivity contribution in [3.05, 3.63) is 91.2 Å². The zero-order valence-electron chi connectivity index (χ0n) is 16.9. The van der Waals surface area contributed by atoms with E-state index in [0.717, 1.165) is 15.3 Å². The van der Waals surface area contributed by atoms with Crippen LogP contribution in [-0.4, -0.2) is 17.8 Å². The summed E-state index contributed by atoms with van der Waals surface area (Å²) in [5, 5.41) is 11.2. The molecule has 2 aromatic carbocycles. The van der Waals surface area contributed by atoms with Gasteiger partial charge in [-0.1, -0.05) is 24.3 Å². The molecule has 1 aromatic heterocycles. The van der Waals surface area contributed by atoms with Crippen molar-refractivity contribution in [3.63, 3.8) is 0 Å². The Morgan fingerprint density at radius 1 is 1.13 bits per heavy atom. The van der Waals surface area contributed by atoms with Crippen LogP contribution in [0.1, 0.15) is 31.2 Å². The molecule has 30 heavy (non-hydrogen) atoms. The SMILES string of the molecule is COc1ccc(/C=C/C(=O)c2cc(C)sc2C)cc1COc1ccccc1[N+](=O)[O-]. The first-order valence-corrected chi connectivity index (χ1v) is 10.0. The van der Waals surface area contributed by atoms with Crippen LogP contribution in [0, 0.1) is 24.0 Å². The smallest absolute Gasteiger partial charge is 0.310 e. The van der Waals surface area contributed by atoms with Crippen molar-refractivity contribution in [3.8, 4) is 11.5 Å². The number of ether oxygens (including phenoxy) is 2. The number of hydrogen-bond acceptors (Lipinski definition) is 6. The van der Waals surface area contributed by atoms with E-state index in [2.05, 4.69) is 0 Å². The van der Waals surface area contributed by atoms with Crippen LogP contribution in [0.25, 0.3) is 6.08 Å². The molecule has 0 bridgehead atoms. The van der Waals surface area contributed by atoms with Crippen LogP contribution in [-0.2, 0) is 6.61 Å². The number of allylic oxidation sites excluding steroid dienone is 1. The van der Waals surface area contributed by atoms with Crippen molar-refractivity contribution in [2.75, 3.05) is 7.11 Å². The van der Waals surface area contributed by atoms with Crippen molar-refractivity contribution >= 4 is 28.9 Å². The number of methoxy groups -OCH3 is 1. The molecular formula is C23H21NO5S. The minimum absolute atomic E-state index is 0.0506. The number of carbonyl (C=O) groups excluding carboxylic acids is 1. The lowest BCUT2D eigenvalue weighted by molar-refractivity contribution is -0.385. The Labute approximate surface area is 178 Å². The standard InChI is InChI=1S/C23H21NO5S/c1-15-12-19(16(2)30-15)21(25)10-8-17-9-11-22(28-3)18(13-17)14-29-23-7-5-4-6-20(23)24(26)27/h4-13H,14H2,1-3H3/b10-8+. The molecule has 0 aliphatic rings. The van der Waals surface area contributed by atoms with Crippen molar-refractivity contribution in [1.29, 1.82) is 0 Å². The van der Waals surface area contributed by atoms with Crippen molar-refractivity contribution < 1.29 is 19.2 Å². The molecule has 6 nitrogen and oxygen atoms in total. The first-order chi connectivity index (χ1) is 14.4. The van der Waals surface area contributed by atoms with E-state index >= 15 is 0 Å². The predicted molar refractivity (Wildman–Crippen MR) is 118 cm³/mol. The number of thiophene rings is 1. The minimum Gasteiger partial charge on any atom is -0.496 e. The first-order valence-electron chi connectivity index (χ1n) is 9.21. The van der Waals surface area contributed by atoms with E-state index in [1.54, 1.807) is 54.9 Å². The number of carbonyl (C=O) groups is 1. The Kier molecular flexibility index (Phi) is 6.64. The second kappa shape index (κ2) is 9.37. The number of nitro benzene ring substituents is 1. The zero-order valence-corrected chi connectivity index (χ0v) is 17.7. The van der Waals surface area contributed by atoms with Gasteiger partial charge >= 0.3 is 5.69 Å². The summed E-state index contributed by atoms with van der Waals surface area (Å²) in [7, 11) is 1.55. The van der Waals surface area contributed by atoms with E-state index in [0.29, 0.717) is 16.9 Å². The van der Waals surface area contributed by atoms with Gasteiger partial charge in [0.1, 0.15) is 12.4 Å². The van der Waals surface area contributed by atoms with E-state index < -0.39 is 4.92 Å². The molecule has 0 aliphatic carbocycles. The number of para-hydroxylation sites is 2. The summed E-state index contributed by atoms with van der Waals surface area (Å²) in [4.78, 5) is 25.3. The summed E-state index contributed by atoms with van der Waals surface area (Å²) in [6, 6.07) is 13.6. The van der Waals surface area contributed by atoms with Crippen LogP contribution >= 0.6 is 11.3 Å². The number of nitrogens with zero attached hydrogens (tertiary/aromatic N) is 1. The summed E-state index contributed by atoms with van der Waals surface area (Å²) in [6.07, 6.45) is 3.28. The maximum Gasteiger partial charge on any atom is 0.310 e. The van der Waals surface area contributed by atoms with E-state index in [1.807, 2.05) is 32.0 Å². The fraction of sp³-hybridized carbons (Fsp3) is 0.174.